The lowest BCUT2D eigenvalue weighted by Crippen LogP contribution is -2.38. The van der Waals surface area contributed by atoms with E-state index in [-0.39, 0.29) is 24.4 Å². The maximum Gasteiger partial charge on any atom is 0.250 e. The zero-order chi connectivity index (χ0) is 13.8. The van der Waals surface area contributed by atoms with Gasteiger partial charge in [-0.05, 0) is 38.2 Å². The van der Waals surface area contributed by atoms with Crippen LogP contribution in [0.2, 0.25) is 0 Å². The molecule has 0 aromatic heterocycles. The highest BCUT2D eigenvalue weighted by atomic mass is 79.9. The van der Waals surface area contributed by atoms with Crippen LogP contribution in [0, 0.1) is 0 Å². The van der Waals surface area contributed by atoms with Crippen molar-refractivity contribution in [2.75, 3.05) is 20.2 Å². The Morgan fingerprint density at radius 2 is 2.25 bits per heavy atom. The zero-order valence-corrected chi connectivity index (χ0v) is 13.8. The Labute approximate surface area is 133 Å². The standard InChI is InChI=1S/C14H17BrN2O2.ClH/c1-9(16-2)7-17-14(18)11-5-10-6-12(15)3-4-13(10)19-8-11;/h3-6,9,16H,7-8H2,1-2H3,(H,17,18);1H. The number of halogens is 2. The molecule has 6 heteroatoms. The number of ether oxygens (including phenoxy) is 1. The number of rotatable bonds is 4. The fourth-order valence-electron chi connectivity index (χ4n) is 1.74. The second-order valence-electron chi connectivity index (χ2n) is 4.54. The lowest BCUT2D eigenvalue weighted by atomic mass is 10.1. The summed E-state index contributed by atoms with van der Waals surface area (Å²) in [4.78, 5) is 12.0. The maximum absolute atomic E-state index is 12.0. The predicted octanol–water partition coefficient (Wildman–Crippen LogP) is 2.37. The molecule has 2 N–H and O–H groups in total. The van der Waals surface area contributed by atoms with Gasteiger partial charge in [-0.15, -0.1) is 12.4 Å². The largest absolute Gasteiger partial charge is 0.488 e. The normalized spacial score (nSPS) is 14.2. The summed E-state index contributed by atoms with van der Waals surface area (Å²) in [5, 5.41) is 5.96. The van der Waals surface area contributed by atoms with E-state index in [1.54, 1.807) is 0 Å². The van der Waals surface area contributed by atoms with Gasteiger partial charge in [0.15, 0.2) is 0 Å². The van der Waals surface area contributed by atoms with Crippen LogP contribution < -0.4 is 15.4 Å². The first-order valence-electron chi connectivity index (χ1n) is 6.18. The number of carbonyl (C=O) groups excluding carboxylic acids is 1. The monoisotopic (exact) mass is 360 g/mol. The SMILES string of the molecule is CNC(C)CNC(=O)C1=Cc2cc(Br)ccc2OC1.Cl. The van der Waals surface area contributed by atoms with Crippen LogP contribution in [0.3, 0.4) is 0 Å². The van der Waals surface area contributed by atoms with E-state index in [0.717, 1.165) is 15.8 Å². The summed E-state index contributed by atoms with van der Waals surface area (Å²) in [5.74, 6) is 0.732. The third-order valence-electron chi connectivity index (χ3n) is 3.04. The lowest BCUT2D eigenvalue weighted by Gasteiger charge is -2.18. The van der Waals surface area contributed by atoms with E-state index in [1.807, 2.05) is 38.2 Å². The fraction of sp³-hybridized carbons (Fsp3) is 0.357. The molecular formula is C14H18BrClN2O2. The van der Waals surface area contributed by atoms with E-state index in [2.05, 4.69) is 26.6 Å². The van der Waals surface area contributed by atoms with Gasteiger partial charge in [0.05, 0.1) is 5.57 Å². The van der Waals surface area contributed by atoms with Crippen molar-refractivity contribution in [2.24, 2.45) is 0 Å². The van der Waals surface area contributed by atoms with Gasteiger partial charge in [0.25, 0.3) is 5.91 Å². The molecule has 0 radical (unpaired) electrons. The smallest absolute Gasteiger partial charge is 0.250 e. The van der Waals surface area contributed by atoms with Gasteiger partial charge in [0.1, 0.15) is 12.4 Å². The van der Waals surface area contributed by atoms with E-state index < -0.39 is 0 Å². The highest BCUT2D eigenvalue weighted by Gasteiger charge is 2.17. The molecule has 1 aliphatic rings. The number of nitrogens with one attached hydrogen (secondary N) is 2. The summed E-state index contributed by atoms with van der Waals surface area (Å²) in [6, 6.07) is 6.01. The summed E-state index contributed by atoms with van der Waals surface area (Å²) >= 11 is 3.41. The van der Waals surface area contributed by atoms with Crippen molar-refractivity contribution < 1.29 is 9.53 Å². The topological polar surface area (TPSA) is 50.4 Å². The quantitative estimate of drug-likeness (QED) is 0.866. The van der Waals surface area contributed by atoms with Crippen LogP contribution in [-0.4, -0.2) is 32.1 Å². The van der Waals surface area contributed by atoms with Crippen molar-refractivity contribution >= 4 is 40.3 Å². The molecule has 2 rings (SSSR count). The van der Waals surface area contributed by atoms with Gasteiger partial charge >= 0.3 is 0 Å². The van der Waals surface area contributed by atoms with E-state index in [1.165, 1.54) is 0 Å². The number of fused-ring (bicyclic) bond motifs is 1. The molecule has 20 heavy (non-hydrogen) atoms. The number of hydrogen-bond acceptors (Lipinski definition) is 3. The molecular weight excluding hydrogens is 344 g/mol. The molecule has 0 bridgehead atoms. The second kappa shape index (κ2) is 7.67. The molecule has 0 saturated heterocycles. The Hall–Kier alpha value is -1.04. The molecule has 1 aromatic rings. The number of likely N-dealkylation sites (N-methyl/N-ethyl adjacent to an activating group) is 1. The minimum Gasteiger partial charge on any atom is -0.488 e. The maximum atomic E-state index is 12.0. The third kappa shape index (κ3) is 4.23. The van der Waals surface area contributed by atoms with Crippen LogP contribution in [0.25, 0.3) is 6.08 Å². The van der Waals surface area contributed by atoms with Gasteiger partial charge in [-0.25, -0.2) is 0 Å². The number of carbonyl (C=O) groups is 1. The van der Waals surface area contributed by atoms with Crippen molar-refractivity contribution in [1.82, 2.24) is 10.6 Å². The summed E-state index contributed by atoms with van der Waals surface area (Å²) < 4.78 is 6.55. The molecule has 1 aromatic carbocycles. The summed E-state index contributed by atoms with van der Waals surface area (Å²) in [5.41, 5.74) is 1.57. The molecule has 1 amide bonds. The number of hydrogen-bond donors (Lipinski definition) is 2. The van der Waals surface area contributed by atoms with Crippen LogP contribution in [0.1, 0.15) is 12.5 Å². The van der Waals surface area contributed by atoms with Crippen LogP contribution in [0.4, 0.5) is 0 Å². The van der Waals surface area contributed by atoms with Crippen LogP contribution in [-0.2, 0) is 4.79 Å². The van der Waals surface area contributed by atoms with Crippen molar-refractivity contribution in [3.63, 3.8) is 0 Å². The number of benzene rings is 1. The van der Waals surface area contributed by atoms with Gasteiger partial charge < -0.3 is 15.4 Å². The zero-order valence-electron chi connectivity index (χ0n) is 11.4. The minimum atomic E-state index is -0.0762. The number of amides is 1. The molecule has 110 valence electrons. The first-order chi connectivity index (χ1) is 9.10. The third-order valence-corrected chi connectivity index (χ3v) is 3.53. The van der Waals surface area contributed by atoms with Gasteiger partial charge in [-0.1, -0.05) is 15.9 Å². The molecule has 1 aliphatic heterocycles. The lowest BCUT2D eigenvalue weighted by molar-refractivity contribution is -0.117. The highest BCUT2D eigenvalue weighted by Crippen LogP contribution is 2.29. The van der Waals surface area contributed by atoms with Crippen molar-refractivity contribution in [1.29, 1.82) is 0 Å². The Morgan fingerprint density at radius 3 is 2.95 bits per heavy atom. The molecule has 1 atom stereocenters. The van der Waals surface area contributed by atoms with E-state index in [9.17, 15) is 4.79 Å². The van der Waals surface area contributed by atoms with Crippen LogP contribution in [0.5, 0.6) is 5.75 Å². The first kappa shape index (κ1) is 17.0. The van der Waals surface area contributed by atoms with Crippen LogP contribution >= 0.6 is 28.3 Å². The van der Waals surface area contributed by atoms with Crippen molar-refractivity contribution in [3.8, 4) is 5.75 Å². The predicted molar refractivity (Wildman–Crippen MR) is 86.4 cm³/mol. The Kier molecular flexibility index (Phi) is 6.52. The average Bonchev–Trinajstić information content (AvgIpc) is 2.43. The first-order valence-corrected chi connectivity index (χ1v) is 6.98. The Morgan fingerprint density at radius 1 is 1.50 bits per heavy atom. The minimum absolute atomic E-state index is 0. The molecule has 0 spiro atoms. The van der Waals surface area contributed by atoms with Gasteiger partial charge in [-0.2, -0.15) is 0 Å². The molecule has 1 heterocycles. The summed E-state index contributed by atoms with van der Waals surface area (Å²) in [7, 11) is 1.87. The van der Waals surface area contributed by atoms with E-state index >= 15 is 0 Å². The van der Waals surface area contributed by atoms with Gasteiger partial charge in [-0.3, -0.25) is 4.79 Å². The van der Waals surface area contributed by atoms with Gasteiger partial charge in [0, 0.05) is 22.6 Å². The fourth-order valence-corrected chi connectivity index (χ4v) is 2.12. The second-order valence-corrected chi connectivity index (χ2v) is 5.46. The van der Waals surface area contributed by atoms with E-state index in [4.69, 9.17) is 4.74 Å². The van der Waals surface area contributed by atoms with Crippen LogP contribution in [0.15, 0.2) is 28.2 Å². The molecule has 4 nitrogen and oxygen atoms in total. The van der Waals surface area contributed by atoms with Crippen molar-refractivity contribution in [2.45, 2.75) is 13.0 Å². The summed E-state index contributed by atoms with van der Waals surface area (Å²) in [6.07, 6.45) is 1.88. The Balaban J connectivity index is 0.00000200. The Bertz CT molecular complexity index is 520. The van der Waals surface area contributed by atoms with Crippen molar-refractivity contribution in [3.05, 3.63) is 33.8 Å². The average molecular weight is 362 g/mol. The molecule has 0 aliphatic carbocycles. The summed E-state index contributed by atoms with van der Waals surface area (Å²) in [6.45, 7) is 2.92. The highest BCUT2D eigenvalue weighted by molar-refractivity contribution is 9.10. The van der Waals surface area contributed by atoms with E-state index in [0.29, 0.717) is 18.7 Å². The molecule has 0 fully saturated rings. The molecule has 1 unspecified atom stereocenters. The molecule has 0 saturated carbocycles. The van der Waals surface area contributed by atoms with Gasteiger partial charge in [0.2, 0.25) is 0 Å².